The van der Waals surface area contributed by atoms with E-state index in [1.54, 1.807) is 25.2 Å². The standard InChI is InChI=1S/C24H28N2O4/c1-29-21-11-8-20(18-22(21)30-2)10-13-24(28)26-16-14-25(15-17-26)23(27)12-9-19-6-4-3-5-7-19/h3-9,11-12,18H,10,13-17H2,1-2H3/b12-9+. The number of aryl methyl sites for hydroxylation is 1. The van der Waals surface area contributed by atoms with E-state index in [1.165, 1.54) is 0 Å². The Kier molecular flexibility index (Phi) is 7.49. The molecule has 0 bridgehead atoms. The van der Waals surface area contributed by atoms with E-state index in [4.69, 9.17) is 9.47 Å². The van der Waals surface area contributed by atoms with Crippen LogP contribution in [0.3, 0.4) is 0 Å². The summed E-state index contributed by atoms with van der Waals surface area (Å²) >= 11 is 0. The molecule has 158 valence electrons. The smallest absolute Gasteiger partial charge is 0.246 e. The number of piperazine rings is 1. The maximum absolute atomic E-state index is 12.6. The van der Waals surface area contributed by atoms with E-state index in [2.05, 4.69) is 0 Å². The third-order valence-electron chi connectivity index (χ3n) is 5.24. The minimum Gasteiger partial charge on any atom is -0.493 e. The van der Waals surface area contributed by atoms with Crippen molar-refractivity contribution in [3.8, 4) is 11.5 Å². The lowest BCUT2D eigenvalue weighted by atomic mass is 10.1. The van der Waals surface area contributed by atoms with Gasteiger partial charge >= 0.3 is 0 Å². The third-order valence-corrected chi connectivity index (χ3v) is 5.24. The van der Waals surface area contributed by atoms with Crippen molar-refractivity contribution in [2.75, 3.05) is 40.4 Å². The predicted octanol–water partition coefficient (Wildman–Crippen LogP) is 3.02. The molecule has 30 heavy (non-hydrogen) atoms. The molecule has 1 saturated heterocycles. The van der Waals surface area contributed by atoms with E-state index >= 15 is 0 Å². The summed E-state index contributed by atoms with van der Waals surface area (Å²) in [6.45, 7) is 2.24. The Morgan fingerprint density at radius 3 is 2.23 bits per heavy atom. The van der Waals surface area contributed by atoms with Crippen molar-refractivity contribution >= 4 is 17.9 Å². The fourth-order valence-electron chi connectivity index (χ4n) is 3.46. The molecule has 0 unspecified atom stereocenters. The van der Waals surface area contributed by atoms with Crippen molar-refractivity contribution in [3.05, 3.63) is 65.7 Å². The summed E-state index contributed by atoms with van der Waals surface area (Å²) in [6.07, 6.45) is 4.49. The van der Waals surface area contributed by atoms with E-state index in [9.17, 15) is 9.59 Å². The van der Waals surface area contributed by atoms with Crippen molar-refractivity contribution in [2.45, 2.75) is 12.8 Å². The van der Waals surface area contributed by atoms with Gasteiger partial charge in [0.2, 0.25) is 11.8 Å². The van der Waals surface area contributed by atoms with Gasteiger partial charge in [0.05, 0.1) is 14.2 Å². The number of benzene rings is 2. The first kappa shape index (κ1) is 21.4. The van der Waals surface area contributed by atoms with E-state index < -0.39 is 0 Å². The van der Waals surface area contributed by atoms with Gasteiger partial charge in [0, 0.05) is 38.7 Å². The summed E-state index contributed by atoms with van der Waals surface area (Å²) in [6, 6.07) is 15.4. The number of amides is 2. The highest BCUT2D eigenvalue weighted by atomic mass is 16.5. The Morgan fingerprint density at radius 2 is 1.57 bits per heavy atom. The van der Waals surface area contributed by atoms with Crippen LogP contribution in [0.15, 0.2) is 54.6 Å². The largest absolute Gasteiger partial charge is 0.493 e. The van der Waals surface area contributed by atoms with Crippen LogP contribution in [0.5, 0.6) is 11.5 Å². The summed E-state index contributed by atoms with van der Waals surface area (Å²) < 4.78 is 10.6. The number of ether oxygens (including phenoxy) is 2. The maximum atomic E-state index is 12.6. The van der Waals surface area contributed by atoms with Gasteiger partial charge in [-0.3, -0.25) is 9.59 Å². The van der Waals surface area contributed by atoms with Crippen LogP contribution in [0, 0.1) is 0 Å². The monoisotopic (exact) mass is 408 g/mol. The molecule has 6 nitrogen and oxygen atoms in total. The molecule has 3 rings (SSSR count). The van der Waals surface area contributed by atoms with Gasteiger partial charge in [0.25, 0.3) is 0 Å². The fourth-order valence-corrected chi connectivity index (χ4v) is 3.46. The molecule has 0 aromatic heterocycles. The Morgan fingerprint density at radius 1 is 0.900 bits per heavy atom. The second kappa shape index (κ2) is 10.5. The lowest BCUT2D eigenvalue weighted by molar-refractivity contribution is -0.137. The van der Waals surface area contributed by atoms with Gasteiger partial charge in [-0.1, -0.05) is 36.4 Å². The molecule has 0 aliphatic carbocycles. The van der Waals surface area contributed by atoms with Gasteiger partial charge in [0.15, 0.2) is 11.5 Å². The molecule has 0 radical (unpaired) electrons. The Bertz CT molecular complexity index is 887. The van der Waals surface area contributed by atoms with Crippen LogP contribution in [0.1, 0.15) is 17.5 Å². The summed E-state index contributed by atoms with van der Waals surface area (Å²) in [4.78, 5) is 28.6. The number of carbonyl (C=O) groups excluding carboxylic acids is 2. The first-order valence-electron chi connectivity index (χ1n) is 10.1. The Labute approximate surface area is 177 Å². The predicted molar refractivity (Wildman–Crippen MR) is 117 cm³/mol. The topological polar surface area (TPSA) is 59.1 Å². The first-order chi connectivity index (χ1) is 14.6. The van der Waals surface area contributed by atoms with Crippen molar-refractivity contribution < 1.29 is 19.1 Å². The van der Waals surface area contributed by atoms with E-state index in [-0.39, 0.29) is 11.8 Å². The van der Waals surface area contributed by atoms with Gasteiger partial charge in [0.1, 0.15) is 0 Å². The van der Waals surface area contributed by atoms with Gasteiger partial charge in [-0.05, 0) is 35.8 Å². The molecule has 0 N–H and O–H groups in total. The van der Waals surface area contributed by atoms with Gasteiger partial charge < -0.3 is 19.3 Å². The average molecular weight is 408 g/mol. The van der Waals surface area contributed by atoms with E-state index in [0.717, 1.165) is 11.1 Å². The number of carbonyl (C=O) groups is 2. The molecule has 2 aromatic rings. The van der Waals surface area contributed by atoms with E-state index in [1.807, 2.05) is 59.5 Å². The Balaban J connectivity index is 1.46. The van der Waals surface area contributed by atoms with Crippen LogP contribution in [0.25, 0.3) is 6.08 Å². The number of hydrogen-bond acceptors (Lipinski definition) is 4. The van der Waals surface area contributed by atoms with Crippen molar-refractivity contribution in [2.24, 2.45) is 0 Å². The molecular weight excluding hydrogens is 380 g/mol. The Hall–Kier alpha value is -3.28. The van der Waals surface area contributed by atoms with Crippen LogP contribution in [-0.2, 0) is 16.0 Å². The summed E-state index contributed by atoms with van der Waals surface area (Å²) in [7, 11) is 3.20. The van der Waals surface area contributed by atoms with Crippen LogP contribution in [-0.4, -0.2) is 62.0 Å². The van der Waals surface area contributed by atoms with Crippen LogP contribution < -0.4 is 9.47 Å². The number of hydrogen-bond donors (Lipinski definition) is 0. The van der Waals surface area contributed by atoms with Crippen LogP contribution >= 0.6 is 0 Å². The summed E-state index contributed by atoms with van der Waals surface area (Å²) in [5.74, 6) is 1.43. The molecule has 1 aliphatic heterocycles. The fraction of sp³-hybridized carbons (Fsp3) is 0.333. The second-order valence-corrected chi connectivity index (χ2v) is 7.14. The first-order valence-corrected chi connectivity index (χ1v) is 10.1. The van der Waals surface area contributed by atoms with Crippen molar-refractivity contribution in [1.29, 1.82) is 0 Å². The van der Waals surface area contributed by atoms with Gasteiger partial charge in [-0.15, -0.1) is 0 Å². The molecule has 2 aromatic carbocycles. The molecule has 0 atom stereocenters. The lowest BCUT2D eigenvalue weighted by Crippen LogP contribution is -2.50. The molecule has 1 heterocycles. The molecule has 6 heteroatoms. The van der Waals surface area contributed by atoms with Crippen molar-refractivity contribution in [3.63, 3.8) is 0 Å². The zero-order valence-corrected chi connectivity index (χ0v) is 17.5. The average Bonchev–Trinajstić information content (AvgIpc) is 2.81. The second-order valence-electron chi connectivity index (χ2n) is 7.14. The van der Waals surface area contributed by atoms with Crippen LogP contribution in [0.4, 0.5) is 0 Å². The molecule has 1 aliphatic rings. The van der Waals surface area contributed by atoms with Gasteiger partial charge in [-0.2, -0.15) is 0 Å². The zero-order valence-electron chi connectivity index (χ0n) is 17.5. The normalized spacial score (nSPS) is 14.1. The highest BCUT2D eigenvalue weighted by Gasteiger charge is 2.22. The minimum absolute atomic E-state index is 0.0173. The molecule has 1 fully saturated rings. The quantitative estimate of drug-likeness (QED) is 0.661. The zero-order chi connectivity index (χ0) is 21.3. The van der Waals surface area contributed by atoms with Gasteiger partial charge in [-0.25, -0.2) is 0 Å². The number of nitrogens with zero attached hydrogens (tertiary/aromatic N) is 2. The third kappa shape index (κ3) is 5.63. The van der Waals surface area contributed by atoms with Crippen LogP contribution in [0.2, 0.25) is 0 Å². The molecule has 0 spiro atoms. The van der Waals surface area contributed by atoms with E-state index in [0.29, 0.717) is 50.5 Å². The number of rotatable bonds is 7. The summed E-state index contributed by atoms with van der Waals surface area (Å²) in [5.41, 5.74) is 2.02. The minimum atomic E-state index is -0.0173. The summed E-state index contributed by atoms with van der Waals surface area (Å²) in [5, 5.41) is 0. The molecule has 0 saturated carbocycles. The SMILES string of the molecule is COc1ccc(CCC(=O)N2CCN(C(=O)/C=C/c3ccccc3)CC2)cc1OC. The maximum Gasteiger partial charge on any atom is 0.246 e. The number of methoxy groups -OCH3 is 2. The highest BCUT2D eigenvalue weighted by Crippen LogP contribution is 2.28. The molecule has 2 amide bonds. The highest BCUT2D eigenvalue weighted by molar-refractivity contribution is 5.92. The molecular formula is C24H28N2O4. The van der Waals surface area contributed by atoms with Crippen molar-refractivity contribution in [1.82, 2.24) is 9.80 Å². The lowest BCUT2D eigenvalue weighted by Gasteiger charge is -2.34.